The summed E-state index contributed by atoms with van der Waals surface area (Å²) in [5, 5.41) is 0. The minimum absolute atomic E-state index is 0.101. The molecular weight excluding hydrogens is 289 g/mol. The van der Waals surface area contributed by atoms with Gasteiger partial charge < -0.3 is 19.8 Å². The Morgan fingerprint density at radius 3 is 2.86 bits per heavy atom. The molecule has 1 aliphatic rings. The molecular formula is C15H16FN3O3. The molecule has 0 spiro atoms. The lowest BCUT2D eigenvalue weighted by Crippen LogP contribution is -2.48. The number of nitrogen functional groups attached to an aromatic ring is 1. The Morgan fingerprint density at radius 1 is 1.50 bits per heavy atom. The number of oxazole rings is 1. The second kappa shape index (κ2) is 5.32. The normalized spacial score (nSPS) is 14.8. The summed E-state index contributed by atoms with van der Waals surface area (Å²) in [6.07, 6.45) is 1.18. The van der Waals surface area contributed by atoms with E-state index in [-0.39, 0.29) is 12.0 Å². The fraction of sp³-hybridized carbons (Fsp3) is 0.333. The third kappa shape index (κ3) is 2.38. The van der Waals surface area contributed by atoms with Crippen LogP contribution in [0.25, 0.3) is 11.5 Å². The number of hydrogen-bond donors (Lipinski definition) is 1. The molecule has 2 aromatic rings. The van der Waals surface area contributed by atoms with Crippen LogP contribution in [0.3, 0.4) is 0 Å². The highest BCUT2D eigenvalue weighted by Crippen LogP contribution is 2.31. The lowest BCUT2D eigenvalue weighted by Gasteiger charge is -2.36. The Bertz CT molecular complexity index is 700. The third-order valence-corrected chi connectivity index (χ3v) is 3.89. The van der Waals surface area contributed by atoms with Gasteiger partial charge in [0.2, 0.25) is 5.89 Å². The Morgan fingerprint density at radius 2 is 2.23 bits per heavy atom. The molecule has 0 aliphatic carbocycles. The summed E-state index contributed by atoms with van der Waals surface area (Å²) >= 11 is 0. The number of aromatic nitrogens is 1. The monoisotopic (exact) mass is 305 g/mol. The largest absolute Gasteiger partial charge is 0.453 e. The van der Waals surface area contributed by atoms with Crippen LogP contribution in [-0.2, 0) is 4.74 Å². The highest BCUT2D eigenvalue weighted by molar-refractivity contribution is 5.69. The van der Waals surface area contributed by atoms with Gasteiger partial charge in [-0.2, -0.15) is 0 Å². The van der Waals surface area contributed by atoms with E-state index >= 15 is 0 Å². The van der Waals surface area contributed by atoms with E-state index in [4.69, 9.17) is 10.2 Å². The molecule has 0 bridgehead atoms. The van der Waals surface area contributed by atoms with Gasteiger partial charge in [-0.25, -0.2) is 14.2 Å². The fourth-order valence-corrected chi connectivity index (χ4v) is 2.37. The van der Waals surface area contributed by atoms with Crippen LogP contribution < -0.4 is 5.73 Å². The molecule has 7 heteroatoms. The second-order valence-electron chi connectivity index (χ2n) is 5.32. The van der Waals surface area contributed by atoms with Crippen molar-refractivity contribution in [2.24, 2.45) is 0 Å². The van der Waals surface area contributed by atoms with Gasteiger partial charge in [0.25, 0.3) is 0 Å². The maximum atomic E-state index is 13.7. The van der Waals surface area contributed by atoms with E-state index in [1.807, 2.05) is 0 Å². The standard InChI is InChI=1S/C15H16FN3O3/c1-8-11(16)3-9(4-12(8)17)14-18-13(7-22-14)10-5-19(6-10)15(20)21-2/h3-4,7,10H,5-6,17H2,1-2H3. The van der Waals surface area contributed by atoms with Crippen LogP contribution in [0.15, 0.2) is 22.8 Å². The van der Waals surface area contributed by atoms with Crippen molar-refractivity contribution in [2.75, 3.05) is 25.9 Å². The molecule has 2 heterocycles. The van der Waals surface area contributed by atoms with Crippen molar-refractivity contribution in [3.05, 3.63) is 35.5 Å². The van der Waals surface area contributed by atoms with Gasteiger partial charge in [0.15, 0.2) is 0 Å². The quantitative estimate of drug-likeness (QED) is 0.862. The average Bonchev–Trinajstić information content (AvgIpc) is 2.91. The molecule has 0 saturated carbocycles. The molecule has 0 unspecified atom stereocenters. The van der Waals surface area contributed by atoms with Crippen molar-refractivity contribution in [3.8, 4) is 11.5 Å². The van der Waals surface area contributed by atoms with E-state index < -0.39 is 5.82 Å². The smallest absolute Gasteiger partial charge is 0.409 e. The van der Waals surface area contributed by atoms with Gasteiger partial charge in [0.1, 0.15) is 12.1 Å². The minimum Gasteiger partial charge on any atom is -0.453 e. The topological polar surface area (TPSA) is 81.6 Å². The number of nitrogens with two attached hydrogens (primary N) is 1. The zero-order valence-electron chi connectivity index (χ0n) is 12.3. The molecule has 1 aromatic heterocycles. The maximum Gasteiger partial charge on any atom is 0.409 e. The average molecular weight is 305 g/mol. The molecule has 1 aromatic carbocycles. The maximum absolute atomic E-state index is 13.7. The van der Waals surface area contributed by atoms with Crippen LogP contribution in [0.5, 0.6) is 0 Å². The first kappa shape index (κ1) is 14.4. The van der Waals surface area contributed by atoms with E-state index in [0.717, 1.165) is 5.69 Å². The Balaban J connectivity index is 1.77. The predicted molar refractivity (Wildman–Crippen MR) is 77.8 cm³/mol. The number of anilines is 1. The van der Waals surface area contributed by atoms with Crippen LogP contribution in [0.1, 0.15) is 17.2 Å². The van der Waals surface area contributed by atoms with Crippen LogP contribution >= 0.6 is 0 Å². The molecule has 6 nitrogen and oxygen atoms in total. The SMILES string of the molecule is COC(=O)N1CC(c2coc(-c3cc(N)c(C)c(F)c3)n2)C1. The Labute approximate surface area is 126 Å². The number of amides is 1. The van der Waals surface area contributed by atoms with Crippen LogP contribution in [-0.4, -0.2) is 36.2 Å². The van der Waals surface area contributed by atoms with Gasteiger partial charge in [-0.15, -0.1) is 0 Å². The summed E-state index contributed by atoms with van der Waals surface area (Å²) in [5.74, 6) is 0.0246. The summed E-state index contributed by atoms with van der Waals surface area (Å²) < 4.78 is 23.8. The number of hydrogen-bond acceptors (Lipinski definition) is 5. The number of methoxy groups -OCH3 is 1. The molecule has 116 valence electrons. The zero-order valence-corrected chi connectivity index (χ0v) is 12.3. The number of nitrogens with zero attached hydrogens (tertiary/aromatic N) is 2. The Hall–Kier alpha value is -2.57. The molecule has 3 rings (SSSR count). The molecule has 22 heavy (non-hydrogen) atoms. The molecule has 1 amide bonds. The van der Waals surface area contributed by atoms with Crippen molar-refractivity contribution >= 4 is 11.8 Å². The highest BCUT2D eigenvalue weighted by atomic mass is 19.1. The van der Waals surface area contributed by atoms with Crippen LogP contribution in [0.2, 0.25) is 0 Å². The number of benzene rings is 1. The number of likely N-dealkylation sites (tertiary alicyclic amines) is 1. The van der Waals surface area contributed by atoms with Crippen molar-refractivity contribution < 1.29 is 18.3 Å². The summed E-state index contributed by atoms with van der Waals surface area (Å²) in [6.45, 7) is 2.68. The first-order valence-corrected chi connectivity index (χ1v) is 6.84. The third-order valence-electron chi connectivity index (χ3n) is 3.89. The summed E-state index contributed by atoms with van der Waals surface area (Å²) in [7, 11) is 1.35. The number of rotatable bonds is 2. The van der Waals surface area contributed by atoms with Gasteiger partial charge in [0, 0.05) is 35.8 Å². The van der Waals surface area contributed by atoms with Crippen LogP contribution in [0, 0.1) is 12.7 Å². The van der Waals surface area contributed by atoms with E-state index in [0.29, 0.717) is 35.8 Å². The van der Waals surface area contributed by atoms with E-state index in [1.165, 1.54) is 19.4 Å². The van der Waals surface area contributed by atoms with Crippen molar-refractivity contribution in [1.29, 1.82) is 0 Å². The minimum atomic E-state index is -0.393. The van der Waals surface area contributed by atoms with E-state index in [9.17, 15) is 9.18 Å². The molecule has 2 N–H and O–H groups in total. The molecule has 0 atom stereocenters. The van der Waals surface area contributed by atoms with Gasteiger partial charge in [-0.3, -0.25) is 0 Å². The molecule has 1 fully saturated rings. The number of carbonyl (C=O) groups excluding carboxylic acids is 1. The first-order chi connectivity index (χ1) is 10.5. The lowest BCUT2D eigenvalue weighted by atomic mass is 9.98. The summed E-state index contributed by atoms with van der Waals surface area (Å²) in [5.41, 5.74) is 7.75. The fourth-order valence-electron chi connectivity index (χ4n) is 2.37. The summed E-state index contributed by atoms with van der Waals surface area (Å²) in [6, 6.07) is 2.98. The summed E-state index contributed by atoms with van der Waals surface area (Å²) in [4.78, 5) is 17.2. The van der Waals surface area contributed by atoms with Gasteiger partial charge in [-0.1, -0.05) is 0 Å². The van der Waals surface area contributed by atoms with Crippen molar-refractivity contribution in [2.45, 2.75) is 12.8 Å². The highest BCUT2D eigenvalue weighted by Gasteiger charge is 2.34. The van der Waals surface area contributed by atoms with Crippen molar-refractivity contribution in [1.82, 2.24) is 9.88 Å². The number of ether oxygens (including phenoxy) is 1. The lowest BCUT2D eigenvalue weighted by molar-refractivity contribution is 0.0872. The van der Waals surface area contributed by atoms with E-state index in [2.05, 4.69) is 9.72 Å². The molecule has 1 aliphatic heterocycles. The predicted octanol–water partition coefficient (Wildman–Crippen LogP) is 2.54. The van der Waals surface area contributed by atoms with Gasteiger partial charge in [-0.05, 0) is 19.1 Å². The Kier molecular flexibility index (Phi) is 3.48. The molecule has 0 radical (unpaired) electrons. The zero-order chi connectivity index (χ0) is 15.9. The number of halogens is 1. The van der Waals surface area contributed by atoms with E-state index in [1.54, 1.807) is 17.9 Å². The second-order valence-corrected chi connectivity index (χ2v) is 5.32. The van der Waals surface area contributed by atoms with Gasteiger partial charge in [0.05, 0.1) is 12.8 Å². The molecule has 1 saturated heterocycles. The number of carbonyl (C=O) groups is 1. The van der Waals surface area contributed by atoms with Gasteiger partial charge >= 0.3 is 6.09 Å². The first-order valence-electron chi connectivity index (χ1n) is 6.84. The van der Waals surface area contributed by atoms with Crippen molar-refractivity contribution in [3.63, 3.8) is 0 Å². The van der Waals surface area contributed by atoms with Crippen LogP contribution in [0.4, 0.5) is 14.9 Å².